The van der Waals surface area contributed by atoms with Crippen molar-refractivity contribution in [3.8, 4) is 0 Å². The van der Waals surface area contributed by atoms with E-state index in [2.05, 4.69) is 20.9 Å². The molecular formula is C11H24N+. The Morgan fingerprint density at radius 1 is 1.00 bits per heavy atom. The average molecular weight is 170 g/mol. The van der Waals surface area contributed by atoms with Crippen LogP contribution in [-0.4, -0.2) is 30.7 Å². The van der Waals surface area contributed by atoms with Gasteiger partial charge in [0, 0.05) is 0 Å². The van der Waals surface area contributed by atoms with Crippen LogP contribution in [0.1, 0.15) is 46.0 Å². The lowest BCUT2D eigenvalue weighted by Gasteiger charge is -2.42. The molecule has 0 amide bonds. The van der Waals surface area contributed by atoms with E-state index in [1.807, 2.05) is 0 Å². The van der Waals surface area contributed by atoms with Crippen molar-refractivity contribution in [1.29, 1.82) is 0 Å². The van der Waals surface area contributed by atoms with Gasteiger partial charge in [0.05, 0.1) is 26.2 Å². The zero-order valence-electron chi connectivity index (χ0n) is 8.97. The molecule has 0 saturated heterocycles. The van der Waals surface area contributed by atoms with E-state index >= 15 is 0 Å². The van der Waals surface area contributed by atoms with Crippen LogP contribution in [0, 0.1) is 0 Å². The highest BCUT2D eigenvalue weighted by Gasteiger charge is 2.30. The predicted molar refractivity (Wildman–Crippen MR) is 54.1 cm³/mol. The van der Waals surface area contributed by atoms with Gasteiger partial charge in [-0.3, -0.25) is 0 Å². The fourth-order valence-corrected chi connectivity index (χ4v) is 2.44. The van der Waals surface area contributed by atoms with Crippen LogP contribution in [0.3, 0.4) is 0 Å². The maximum Gasteiger partial charge on any atom is 0.0888 e. The van der Waals surface area contributed by atoms with Crippen LogP contribution >= 0.6 is 0 Å². The van der Waals surface area contributed by atoms with Gasteiger partial charge in [-0.2, -0.15) is 0 Å². The maximum absolute atomic E-state index is 2.43. The van der Waals surface area contributed by atoms with E-state index in [0.717, 1.165) is 6.04 Å². The van der Waals surface area contributed by atoms with Crippen molar-refractivity contribution in [2.45, 2.75) is 52.0 Å². The summed E-state index contributed by atoms with van der Waals surface area (Å²) in [5.41, 5.74) is 0. The van der Waals surface area contributed by atoms with Crippen molar-refractivity contribution < 1.29 is 4.48 Å². The molecule has 0 atom stereocenters. The average Bonchev–Trinajstić information content (AvgIpc) is 2.18. The quantitative estimate of drug-likeness (QED) is 0.571. The van der Waals surface area contributed by atoms with Gasteiger partial charge in [0.15, 0.2) is 0 Å². The minimum atomic E-state index is 0.966. The fraction of sp³-hybridized carbons (Fsp3) is 1.00. The second-order valence-electron chi connectivity index (χ2n) is 4.40. The van der Waals surface area contributed by atoms with Crippen LogP contribution in [0.2, 0.25) is 0 Å². The lowest BCUT2D eigenvalue weighted by molar-refractivity contribution is -0.931. The van der Waals surface area contributed by atoms with Gasteiger partial charge in [0.2, 0.25) is 0 Å². The third kappa shape index (κ3) is 2.01. The lowest BCUT2D eigenvalue weighted by Crippen LogP contribution is -2.52. The number of hydrogen-bond donors (Lipinski definition) is 0. The topological polar surface area (TPSA) is 0 Å². The van der Waals surface area contributed by atoms with Crippen LogP contribution in [0.15, 0.2) is 0 Å². The lowest BCUT2D eigenvalue weighted by atomic mass is 9.92. The van der Waals surface area contributed by atoms with Gasteiger partial charge < -0.3 is 4.48 Å². The zero-order chi connectivity index (χ0) is 9.03. The minimum Gasteiger partial charge on any atom is -0.324 e. The first kappa shape index (κ1) is 10.0. The molecule has 0 aromatic carbocycles. The Labute approximate surface area is 77.4 Å². The van der Waals surface area contributed by atoms with Gasteiger partial charge in [-0.15, -0.1) is 0 Å². The summed E-state index contributed by atoms with van der Waals surface area (Å²) < 4.78 is 1.31. The highest BCUT2D eigenvalue weighted by molar-refractivity contribution is 4.66. The summed E-state index contributed by atoms with van der Waals surface area (Å²) in [6.45, 7) is 7.28. The second-order valence-corrected chi connectivity index (χ2v) is 4.40. The molecule has 0 unspecified atom stereocenters. The van der Waals surface area contributed by atoms with Crippen molar-refractivity contribution in [2.24, 2.45) is 0 Å². The Morgan fingerprint density at radius 3 is 1.92 bits per heavy atom. The maximum atomic E-state index is 2.43. The molecule has 1 nitrogen and oxygen atoms in total. The van der Waals surface area contributed by atoms with E-state index in [1.54, 1.807) is 0 Å². The first-order valence-corrected chi connectivity index (χ1v) is 5.57. The van der Waals surface area contributed by atoms with Gasteiger partial charge in [0.25, 0.3) is 0 Å². The van der Waals surface area contributed by atoms with E-state index < -0.39 is 0 Å². The van der Waals surface area contributed by atoms with Crippen molar-refractivity contribution in [3.05, 3.63) is 0 Å². The Morgan fingerprint density at radius 2 is 1.50 bits per heavy atom. The molecule has 0 N–H and O–H groups in total. The summed E-state index contributed by atoms with van der Waals surface area (Å²) in [5, 5.41) is 0. The van der Waals surface area contributed by atoms with Crippen LogP contribution in [0.5, 0.6) is 0 Å². The van der Waals surface area contributed by atoms with Crippen LogP contribution in [-0.2, 0) is 0 Å². The zero-order valence-corrected chi connectivity index (χ0v) is 8.97. The second kappa shape index (κ2) is 4.27. The molecule has 12 heavy (non-hydrogen) atoms. The van der Waals surface area contributed by atoms with Crippen molar-refractivity contribution in [1.82, 2.24) is 0 Å². The third-order valence-corrected chi connectivity index (χ3v) is 3.90. The van der Waals surface area contributed by atoms with E-state index in [4.69, 9.17) is 0 Å². The SMILES string of the molecule is CC[N+](C)(CC)C1CCCCC1. The van der Waals surface area contributed by atoms with E-state index in [9.17, 15) is 0 Å². The summed E-state index contributed by atoms with van der Waals surface area (Å²) in [4.78, 5) is 0. The molecule has 1 fully saturated rings. The van der Waals surface area contributed by atoms with Gasteiger partial charge in [0.1, 0.15) is 0 Å². The Balaban J connectivity index is 2.51. The minimum absolute atomic E-state index is 0.966. The Bertz CT molecular complexity index is 121. The molecular weight excluding hydrogens is 146 g/mol. The van der Waals surface area contributed by atoms with Crippen molar-refractivity contribution in [3.63, 3.8) is 0 Å². The number of quaternary nitrogens is 1. The summed E-state index contributed by atoms with van der Waals surface area (Å²) >= 11 is 0. The molecule has 0 spiro atoms. The van der Waals surface area contributed by atoms with E-state index in [1.165, 1.54) is 49.7 Å². The smallest absolute Gasteiger partial charge is 0.0888 e. The highest BCUT2D eigenvalue weighted by Crippen LogP contribution is 2.26. The standard InChI is InChI=1S/C11H24N/c1-4-12(3,5-2)11-9-7-6-8-10-11/h11H,4-10H2,1-3H3/q+1. The summed E-state index contributed by atoms with van der Waals surface area (Å²) in [7, 11) is 2.43. The summed E-state index contributed by atoms with van der Waals surface area (Å²) in [6, 6.07) is 0.966. The molecule has 1 heteroatoms. The van der Waals surface area contributed by atoms with E-state index in [0.29, 0.717) is 0 Å². The number of nitrogens with zero attached hydrogens (tertiary/aromatic N) is 1. The normalized spacial score (nSPS) is 21.2. The van der Waals surface area contributed by atoms with Gasteiger partial charge in [-0.25, -0.2) is 0 Å². The predicted octanol–water partition coefficient (Wildman–Crippen LogP) is 2.81. The molecule has 0 bridgehead atoms. The Hall–Kier alpha value is -0.0400. The van der Waals surface area contributed by atoms with Crippen molar-refractivity contribution >= 4 is 0 Å². The van der Waals surface area contributed by atoms with Gasteiger partial charge in [-0.1, -0.05) is 6.42 Å². The van der Waals surface area contributed by atoms with Gasteiger partial charge in [-0.05, 0) is 39.5 Å². The van der Waals surface area contributed by atoms with E-state index in [-0.39, 0.29) is 0 Å². The first-order chi connectivity index (χ1) is 5.73. The molecule has 1 aliphatic rings. The molecule has 72 valence electrons. The largest absolute Gasteiger partial charge is 0.324 e. The molecule has 0 radical (unpaired) electrons. The number of hydrogen-bond acceptors (Lipinski definition) is 0. The summed E-state index contributed by atoms with van der Waals surface area (Å²) in [6.07, 6.45) is 7.36. The Kier molecular flexibility index (Phi) is 3.57. The number of rotatable bonds is 3. The first-order valence-electron chi connectivity index (χ1n) is 5.57. The molecule has 0 aliphatic heterocycles. The fourth-order valence-electron chi connectivity index (χ4n) is 2.44. The third-order valence-electron chi connectivity index (χ3n) is 3.90. The molecule has 0 aromatic heterocycles. The summed E-state index contributed by atoms with van der Waals surface area (Å²) in [5.74, 6) is 0. The molecule has 1 saturated carbocycles. The van der Waals surface area contributed by atoms with Crippen LogP contribution in [0.25, 0.3) is 0 Å². The van der Waals surface area contributed by atoms with Gasteiger partial charge >= 0.3 is 0 Å². The monoisotopic (exact) mass is 170 g/mol. The molecule has 0 aromatic rings. The van der Waals surface area contributed by atoms with Crippen LogP contribution in [0.4, 0.5) is 0 Å². The van der Waals surface area contributed by atoms with Crippen LogP contribution < -0.4 is 0 Å². The highest BCUT2D eigenvalue weighted by atomic mass is 15.3. The molecule has 1 rings (SSSR count). The van der Waals surface area contributed by atoms with Crippen molar-refractivity contribution in [2.75, 3.05) is 20.1 Å². The molecule has 1 aliphatic carbocycles. The molecule has 0 heterocycles.